The Morgan fingerprint density at radius 1 is 1.18 bits per heavy atom. The van der Waals surface area contributed by atoms with E-state index in [4.69, 9.17) is 4.42 Å². The van der Waals surface area contributed by atoms with Crippen molar-refractivity contribution in [1.29, 1.82) is 0 Å². The van der Waals surface area contributed by atoms with Crippen molar-refractivity contribution in [2.75, 3.05) is 44.7 Å². The molecule has 1 aliphatic heterocycles. The lowest BCUT2D eigenvalue weighted by molar-refractivity contribution is -0.139. The van der Waals surface area contributed by atoms with Crippen LogP contribution in [0.2, 0.25) is 0 Å². The molecule has 2 heterocycles. The van der Waals surface area contributed by atoms with Crippen molar-refractivity contribution in [3.05, 3.63) is 69.9 Å². The topological polar surface area (TPSA) is 116 Å². The number of benzene rings is 1. The Hall–Kier alpha value is -4.12. The molecule has 11 nitrogen and oxygen atoms in total. The Morgan fingerprint density at radius 3 is 2.67 bits per heavy atom. The van der Waals surface area contributed by atoms with Crippen molar-refractivity contribution in [2.24, 2.45) is 7.05 Å². The molecule has 2 N–H and O–H groups in total. The lowest BCUT2D eigenvalue weighted by Crippen LogP contribution is -2.48. The van der Waals surface area contributed by atoms with Crippen LogP contribution in [-0.4, -0.2) is 77.4 Å². The Kier molecular flexibility index (Phi) is 8.70. The van der Waals surface area contributed by atoms with Crippen LogP contribution in [0.5, 0.6) is 0 Å². The summed E-state index contributed by atoms with van der Waals surface area (Å²) in [6.45, 7) is 7.70. The first-order valence-corrected chi connectivity index (χ1v) is 13.1. The molecule has 0 saturated heterocycles. The van der Waals surface area contributed by atoms with Gasteiger partial charge < -0.3 is 20.0 Å². The average molecular weight is 536 g/mol. The number of fused-ring (bicyclic) bond motifs is 1. The predicted octanol–water partition coefficient (Wildman–Crippen LogP) is 1.73. The predicted molar refractivity (Wildman–Crippen MR) is 150 cm³/mol. The fraction of sp³-hybridized carbons (Fsp3) is 0.429. The van der Waals surface area contributed by atoms with Crippen LogP contribution >= 0.6 is 0 Å². The molecule has 2 amide bonds. The van der Waals surface area contributed by atoms with Crippen molar-refractivity contribution < 1.29 is 14.0 Å². The molecule has 1 aliphatic carbocycles. The number of aryl methyl sites for hydroxylation is 2. The Balaban J connectivity index is 1.55. The summed E-state index contributed by atoms with van der Waals surface area (Å²) in [5.41, 5.74) is 4.52. The molecule has 11 heteroatoms. The number of rotatable bonds is 11. The van der Waals surface area contributed by atoms with Gasteiger partial charge in [0, 0.05) is 50.7 Å². The summed E-state index contributed by atoms with van der Waals surface area (Å²) in [6, 6.07) is 5.78. The number of allylic oxidation sites excluding steroid dienone is 3. The van der Waals surface area contributed by atoms with Gasteiger partial charge in [0.2, 0.25) is 11.8 Å². The highest BCUT2D eigenvalue weighted by molar-refractivity contribution is 5.87. The van der Waals surface area contributed by atoms with Crippen molar-refractivity contribution in [3.63, 3.8) is 0 Å². The maximum absolute atomic E-state index is 13.5. The van der Waals surface area contributed by atoms with Gasteiger partial charge in [0.15, 0.2) is 0 Å². The molecular weight excluding hydrogens is 498 g/mol. The number of likely N-dealkylation sites (N-methyl/N-ethyl adjacent to an activating group) is 1. The van der Waals surface area contributed by atoms with Crippen LogP contribution in [-0.2, 0) is 16.6 Å². The number of anilines is 1. The van der Waals surface area contributed by atoms with Crippen LogP contribution in [0, 0.1) is 6.92 Å². The number of amides is 2. The van der Waals surface area contributed by atoms with E-state index in [-0.39, 0.29) is 30.8 Å². The second-order valence-electron chi connectivity index (χ2n) is 10.1. The molecule has 0 atom stereocenters. The highest BCUT2D eigenvalue weighted by Crippen LogP contribution is 2.29. The minimum absolute atomic E-state index is 0.0200. The molecule has 2 aromatic rings. The third-order valence-electron chi connectivity index (χ3n) is 6.71. The molecule has 0 spiro atoms. The van der Waals surface area contributed by atoms with E-state index in [1.54, 1.807) is 29.1 Å². The largest absolute Gasteiger partial charge is 0.437 e. The third kappa shape index (κ3) is 6.85. The van der Waals surface area contributed by atoms with Crippen molar-refractivity contribution >= 4 is 17.5 Å². The van der Waals surface area contributed by atoms with E-state index in [2.05, 4.69) is 27.9 Å². The number of hydrazine groups is 1. The number of hydrogen-bond donors (Lipinski definition) is 2. The van der Waals surface area contributed by atoms with Gasteiger partial charge in [-0.1, -0.05) is 38.1 Å². The van der Waals surface area contributed by atoms with Gasteiger partial charge in [-0.25, -0.2) is 4.79 Å². The fourth-order valence-electron chi connectivity index (χ4n) is 4.47. The zero-order valence-electron chi connectivity index (χ0n) is 23.2. The summed E-state index contributed by atoms with van der Waals surface area (Å²) < 4.78 is 6.39. The van der Waals surface area contributed by atoms with Crippen molar-refractivity contribution in [3.8, 4) is 11.5 Å². The normalized spacial score (nSPS) is 14.3. The number of nitrogens with zero attached hydrogens (tertiary/aromatic N) is 5. The van der Waals surface area contributed by atoms with Crippen LogP contribution in [0.3, 0.4) is 0 Å². The maximum atomic E-state index is 13.5. The minimum Gasteiger partial charge on any atom is -0.388 e. The molecule has 39 heavy (non-hydrogen) atoms. The van der Waals surface area contributed by atoms with Gasteiger partial charge in [0.1, 0.15) is 0 Å². The average Bonchev–Trinajstić information content (AvgIpc) is 3.48. The monoisotopic (exact) mass is 535 g/mol. The SMILES string of the molecule is Cc1ccc(-c2nn(C)c(=O)o2)cc1N(CC(=O)NCCNC(C)C)CC(=O)N(C)N1C=C2CC=CC=C2C1. The summed E-state index contributed by atoms with van der Waals surface area (Å²) in [5.74, 6) is -0.761. The van der Waals surface area contributed by atoms with Crippen LogP contribution in [0.25, 0.3) is 11.5 Å². The van der Waals surface area contributed by atoms with Gasteiger partial charge in [-0.3, -0.25) is 19.6 Å². The third-order valence-corrected chi connectivity index (χ3v) is 6.71. The fourth-order valence-corrected chi connectivity index (χ4v) is 4.47. The highest BCUT2D eigenvalue weighted by Gasteiger charge is 2.26. The molecule has 208 valence electrons. The van der Waals surface area contributed by atoms with Gasteiger partial charge >= 0.3 is 5.76 Å². The van der Waals surface area contributed by atoms with Crippen LogP contribution in [0.15, 0.2) is 63.0 Å². The molecule has 0 bridgehead atoms. The highest BCUT2D eigenvalue weighted by atomic mass is 16.4. The standard InChI is InChI=1S/C28H37N7O4/c1-19(2)29-12-13-30-25(36)17-34(18-26(37)33(5)35-15-22-8-6-7-9-23(22)16-35)24-14-21(11-10-20(24)3)27-31-32(4)28(38)39-27/h6-8,10-11,14,16,19,29H,9,12-13,15,17-18H2,1-5H3,(H,30,36). The van der Waals surface area contributed by atoms with Gasteiger partial charge in [0.25, 0.3) is 5.91 Å². The lowest BCUT2D eigenvalue weighted by Gasteiger charge is -2.32. The van der Waals surface area contributed by atoms with E-state index in [0.29, 0.717) is 36.9 Å². The molecule has 0 fully saturated rings. The molecular formula is C28H37N7O4. The van der Waals surface area contributed by atoms with E-state index >= 15 is 0 Å². The molecule has 0 radical (unpaired) electrons. The summed E-state index contributed by atoms with van der Waals surface area (Å²) in [4.78, 5) is 40.1. The first-order chi connectivity index (χ1) is 18.6. The Labute approximate surface area is 228 Å². The summed E-state index contributed by atoms with van der Waals surface area (Å²) in [5, 5.41) is 13.8. The van der Waals surface area contributed by atoms with Gasteiger partial charge in [0.05, 0.1) is 19.6 Å². The molecule has 0 saturated carbocycles. The Bertz CT molecular complexity index is 1370. The number of hydrogen-bond acceptors (Lipinski definition) is 8. The van der Waals surface area contributed by atoms with Gasteiger partial charge in [-0.2, -0.15) is 4.68 Å². The van der Waals surface area contributed by atoms with E-state index in [9.17, 15) is 14.4 Å². The van der Waals surface area contributed by atoms with E-state index in [1.807, 2.05) is 44.1 Å². The minimum atomic E-state index is -0.569. The number of carbonyl (C=O) groups excluding carboxylic acids is 2. The van der Waals surface area contributed by atoms with Crippen molar-refractivity contribution in [1.82, 2.24) is 30.4 Å². The Morgan fingerprint density at radius 2 is 1.97 bits per heavy atom. The number of nitrogens with one attached hydrogen (secondary N) is 2. The lowest BCUT2D eigenvalue weighted by atomic mass is 10.0. The second-order valence-corrected chi connectivity index (χ2v) is 10.1. The smallest absolute Gasteiger partial charge is 0.388 e. The van der Waals surface area contributed by atoms with E-state index < -0.39 is 5.76 Å². The first kappa shape index (κ1) is 27.9. The summed E-state index contributed by atoms with van der Waals surface area (Å²) in [6.07, 6.45) is 9.05. The van der Waals surface area contributed by atoms with Crippen LogP contribution < -0.4 is 21.3 Å². The second kappa shape index (κ2) is 12.2. The summed E-state index contributed by atoms with van der Waals surface area (Å²) in [7, 11) is 3.26. The van der Waals surface area contributed by atoms with Gasteiger partial charge in [-0.15, -0.1) is 5.10 Å². The molecule has 0 unspecified atom stereocenters. The number of carbonyl (C=O) groups is 2. The number of aromatic nitrogens is 2. The molecule has 4 rings (SSSR count). The van der Waals surface area contributed by atoms with Crippen molar-refractivity contribution in [2.45, 2.75) is 33.2 Å². The quantitative estimate of drug-likeness (QED) is 0.418. The zero-order chi connectivity index (χ0) is 28.1. The first-order valence-electron chi connectivity index (χ1n) is 13.1. The van der Waals surface area contributed by atoms with Crippen LogP contribution in [0.4, 0.5) is 5.69 Å². The summed E-state index contributed by atoms with van der Waals surface area (Å²) >= 11 is 0. The van der Waals surface area contributed by atoms with E-state index in [0.717, 1.165) is 16.7 Å². The maximum Gasteiger partial charge on any atom is 0.437 e. The molecule has 2 aliphatic rings. The zero-order valence-corrected chi connectivity index (χ0v) is 23.2. The van der Waals surface area contributed by atoms with Gasteiger partial charge in [-0.05, 0) is 42.2 Å². The molecule has 1 aromatic heterocycles. The van der Waals surface area contributed by atoms with E-state index in [1.165, 1.54) is 18.2 Å². The van der Waals surface area contributed by atoms with Crippen LogP contribution in [0.1, 0.15) is 25.8 Å². The molecule has 1 aromatic carbocycles.